The molecule has 0 saturated carbocycles. The topological polar surface area (TPSA) is 48.5 Å². The molecule has 0 aliphatic carbocycles. The second-order valence-electron chi connectivity index (χ2n) is 2.44. The summed E-state index contributed by atoms with van der Waals surface area (Å²) in [6.45, 7) is 2.15. The Balaban J connectivity index is 2.22. The lowest BCUT2D eigenvalue weighted by Crippen LogP contribution is -2.34. The van der Waals surface area contributed by atoms with Crippen LogP contribution in [0.25, 0.3) is 0 Å². The summed E-state index contributed by atoms with van der Waals surface area (Å²) >= 11 is 1.76. The van der Waals surface area contributed by atoms with Crippen LogP contribution in [-0.4, -0.2) is 5.84 Å². The first-order valence-electron chi connectivity index (χ1n) is 3.83. The van der Waals surface area contributed by atoms with Crippen molar-refractivity contribution >= 4 is 17.2 Å². The lowest BCUT2D eigenvalue weighted by Gasteiger charge is -1.94. The van der Waals surface area contributed by atoms with E-state index in [0.717, 1.165) is 17.1 Å². The van der Waals surface area contributed by atoms with Crippen molar-refractivity contribution < 1.29 is 0 Å². The van der Waals surface area contributed by atoms with E-state index in [4.69, 9.17) is 0 Å². The van der Waals surface area contributed by atoms with E-state index < -0.39 is 0 Å². The predicted molar refractivity (Wildman–Crippen MR) is 49.6 cm³/mol. The summed E-state index contributed by atoms with van der Waals surface area (Å²) in [6.07, 6.45) is 1.08. The van der Waals surface area contributed by atoms with Crippen LogP contribution < -0.4 is 16.5 Å². The summed E-state index contributed by atoms with van der Waals surface area (Å²) in [5.41, 5.74) is 8.24. The molecule has 2 rings (SSSR count). The Labute approximate surface area is 74.6 Å². The highest BCUT2D eigenvalue weighted by Gasteiger charge is 2.09. The normalized spacial score (nSPS) is 15.2. The van der Waals surface area contributed by atoms with Crippen LogP contribution in [0.5, 0.6) is 0 Å². The third-order valence-electron chi connectivity index (χ3n) is 1.65. The summed E-state index contributed by atoms with van der Waals surface area (Å²) in [5, 5.41) is 4.01. The molecule has 0 saturated heterocycles. The zero-order valence-corrected chi connectivity index (χ0v) is 7.53. The van der Waals surface area contributed by atoms with E-state index in [1.165, 1.54) is 4.88 Å². The van der Waals surface area contributed by atoms with Crippen molar-refractivity contribution in [2.24, 2.45) is 5.10 Å². The molecule has 4 nitrogen and oxygen atoms in total. The average Bonchev–Trinajstić information content (AvgIpc) is 2.75. The molecule has 1 aliphatic heterocycles. The van der Waals surface area contributed by atoms with Crippen molar-refractivity contribution in [3.05, 3.63) is 21.9 Å². The third-order valence-corrected chi connectivity index (χ3v) is 2.88. The van der Waals surface area contributed by atoms with Gasteiger partial charge >= 0.3 is 0 Å². The summed E-state index contributed by atoms with van der Waals surface area (Å²) in [6, 6.07) is 4.20. The number of hydrazine groups is 2. The third kappa shape index (κ3) is 1.28. The van der Waals surface area contributed by atoms with Gasteiger partial charge in [0.1, 0.15) is 0 Å². The van der Waals surface area contributed by atoms with Gasteiger partial charge in [-0.05, 0) is 18.6 Å². The fourth-order valence-electron chi connectivity index (χ4n) is 1.01. The van der Waals surface area contributed by atoms with Crippen LogP contribution >= 0.6 is 11.3 Å². The molecule has 64 valence electrons. The zero-order chi connectivity index (χ0) is 8.39. The molecule has 1 aromatic rings. The minimum atomic E-state index is 0.861. The molecular weight excluding hydrogens is 172 g/mol. The van der Waals surface area contributed by atoms with Crippen LogP contribution in [-0.2, 0) is 6.42 Å². The second kappa shape index (κ2) is 3.12. The molecule has 3 N–H and O–H groups in total. The number of amidine groups is 1. The summed E-state index contributed by atoms with van der Waals surface area (Å²) in [5.74, 6) is 0.861. The SMILES string of the molecule is CCc1ccc(C2=NNNN2)s1. The van der Waals surface area contributed by atoms with Gasteiger partial charge in [0, 0.05) is 4.88 Å². The van der Waals surface area contributed by atoms with Gasteiger partial charge in [-0.15, -0.1) is 22.0 Å². The summed E-state index contributed by atoms with van der Waals surface area (Å²) in [7, 11) is 0. The van der Waals surface area contributed by atoms with Crippen LogP contribution in [0.2, 0.25) is 0 Å². The molecule has 0 spiro atoms. The van der Waals surface area contributed by atoms with E-state index in [1.54, 1.807) is 11.3 Å². The Bertz CT molecular complexity index is 304. The highest BCUT2D eigenvalue weighted by molar-refractivity contribution is 7.14. The zero-order valence-electron chi connectivity index (χ0n) is 6.72. The first-order valence-corrected chi connectivity index (χ1v) is 4.64. The van der Waals surface area contributed by atoms with Gasteiger partial charge in [0.15, 0.2) is 5.84 Å². The van der Waals surface area contributed by atoms with E-state index in [-0.39, 0.29) is 0 Å². The quantitative estimate of drug-likeness (QED) is 0.627. The van der Waals surface area contributed by atoms with Crippen molar-refractivity contribution in [1.29, 1.82) is 0 Å². The highest BCUT2D eigenvalue weighted by Crippen LogP contribution is 2.17. The molecule has 0 amide bonds. The van der Waals surface area contributed by atoms with Crippen molar-refractivity contribution in [2.45, 2.75) is 13.3 Å². The Morgan fingerprint density at radius 3 is 3.00 bits per heavy atom. The van der Waals surface area contributed by atoms with Crippen molar-refractivity contribution in [1.82, 2.24) is 16.5 Å². The number of nitrogens with one attached hydrogen (secondary N) is 3. The molecule has 1 aliphatic rings. The summed E-state index contributed by atoms with van der Waals surface area (Å²) < 4.78 is 0. The standard InChI is InChI=1S/C7H10N4S/c1-2-5-3-4-6(12-5)7-8-10-11-9-7/h3-4,10-11H,2H2,1H3,(H,8,9). The van der Waals surface area contributed by atoms with E-state index in [2.05, 4.69) is 40.7 Å². The monoisotopic (exact) mass is 182 g/mol. The largest absolute Gasteiger partial charge is 0.284 e. The minimum Gasteiger partial charge on any atom is -0.284 e. The Morgan fingerprint density at radius 1 is 1.50 bits per heavy atom. The number of aryl methyl sites for hydroxylation is 1. The molecule has 0 aromatic carbocycles. The number of hydrazone groups is 1. The van der Waals surface area contributed by atoms with E-state index in [1.807, 2.05) is 0 Å². The van der Waals surface area contributed by atoms with Gasteiger partial charge < -0.3 is 0 Å². The lowest BCUT2D eigenvalue weighted by atomic mass is 10.3. The molecule has 12 heavy (non-hydrogen) atoms. The van der Waals surface area contributed by atoms with E-state index >= 15 is 0 Å². The molecule has 5 heteroatoms. The molecular formula is C7H10N4S. The van der Waals surface area contributed by atoms with Gasteiger partial charge in [0.2, 0.25) is 0 Å². The Kier molecular flexibility index (Phi) is 1.97. The van der Waals surface area contributed by atoms with E-state index in [9.17, 15) is 0 Å². The van der Waals surface area contributed by atoms with Gasteiger partial charge in [-0.3, -0.25) is 5.43 Å². The maximum absolute atomic E-state index is 4.01. The second-order valence-corrected chi connectivity index (χ2v) is 3.61. The van der Waals surface area contributed by atoms with Crippen LogP contribution in [0, 0.1) is 0 Å². The van der Waals surface area contributed by atoms with Crippen LogP contribution in [0.3, 0.4) is 0 Å². The fraction of sp³-hybridized carbons (Fsp3) is 0.286. The number of thiophene rings is 1. The van der Waals surface area contributed by atoms with Gasteiger partial charge in [0.05, 0.1) is 4.88 Å². The molecule has 0 radical (unpaired) electrons. The maximum atomic E-state index is 4.01. The first kappa shape index (κ1) is 7.57. The highest BCUT2D eigenvalue weighted by atomic mass is 32.1. The number of hydrogen-bond acceptors (Lipinski definition) is 5. The van der Waals surface area contributed by atoms with Crippen LogP contribution in [0.15, 0.2) is 17.2 Å². The molecule has 0 fully saturated rings. The number of hydrogen-bond donors (Lipinski definition) is 3. The number of rotatable bonds is 2. The lowest BCUT2D eigenvalue weighted by molar-refractivity contribution is 0.577. The first-order chi connectivity index (χ1) is 5.90. The van der Waals surface area contributed by atoms with Crippen LogP contribution in [0.1, 0.15) is 16.7 Å². The smallest absolute Gasteiger partial charge is 0.180 e. The average molecular weight is 182 g/mol. The molecule has 0 atom stereocenters. The van der Waals surface area contributed by atoms with Crippen molar-refractivity contribution in [2.75, 3.05) is 0 Å². The maximum Gasteiger partial charge on any atom is 0.180 e. The van der Waals surface area contributed by atoms with E-state index in [0.29, 0.717) is 0 Å². The molecule has 0 unspecified atom stereocenters. The summed E-state index contributed by atoms with van der Waals surface area (Å²) in [4.78, 5) is 2.53. The van der Waals surface area contributed by atoms with Gasteiger partial charge in [-0.25, -0.2) is 5.53 Å². The minimum absolute atomic E-state index is 0.861. The van der Waals surface area contributed by atoms with Gasteiger partial charge in [0.25, 0.3) is 0 Å². The fourth-order valence-corrected chi connectivity index (χ4v) is 1.90. The van der Waals surface area contributed by atoms with Gasteiger partial charge in [-0.2, -0.15) is 0 Å². The Morgan fingerprint density at radius 2 is 2.42 bits per heavy atom. The molecule has 0 bridgehead atoms. The number of nitrogens with zero attached hydrogens (tertiary/aromatic N) is 1. The van der Waals surface area contributed by atoms with Crippen molar-refractivity contribution in [3.63, 3.8) is 0 Å². The molecule has 2 heterocycles. The van der Waals surface area contributed by atoms with Crippen LogP contribution in [0.4, 0.5) is 0 Å². The molecule has 1 aromatic heterocycles. The Hall–Kier alpha value is -1.07. The van der Waals surface area contributed by atoms with Crippen molar-refractivity contribution in [3.8, 4) is 0 Å². The van der Waals surface area contributed by atoms with Gasteiger partial charge in [-0.1, -0.05) is 6.92 Å². The predicted octanol–water partition coefficient (Wildman–Crippen LogP) is 0.584.